The standard InChI is InChI=1S/2C12H13F5N2OS/c2*1-10(12(15,16)17)8(20)19-9(21-10)18-7-3-6-2-5(7)4-11(6,13)14/h2*5-7H,2-4H2,1H3,(H,18,19,20)/t5-,6-,7+,10+;5-,6-,7+,10-/m11/s1. The Morgan fingerprint density at radius 2 is 1.00 bits per heavy atom. The lowest BCUT2D eigenvalue weighted by Crippen LogP contribution is -2.46. The molecule has 2 heterocycles. The summed E-state index contributed by atoms with van der Waals surface area (Å²) in [5, 5.41) is 4.03. The zero-order valence-electron chi connectivity index (χ0n) is 22.0. The molecule has 6 rings (SSSR count). The Hall–Kier alpha value is -1.72. The van der Waals surface area contributed by atoms with Gasteiger partial charge in [-0.15, -0.1) is 0 Å². The number of hydrogen-bond donors (Lipinski definition) is 2. The van der Waals surface area contributed by atoms with Crippen molar-refractivity contribution in [2.45, 2.75) is 98.1 Å². The monoisotopic (exact) mass is 656 g/mol. The van der Waals surface area contributed by atoms with Crippen molar-refractivity contribution in [2.24, 2.45) is 33.7 Å². The first kappa shape index (κ1) is 31.7. The molecule has 2 amide bonds. The minimum Gasteiger partial charge on any atom is -0.304 e. The summed E-state index contributed by atoms with van der Waals surface area (Å²) in [5.74, 6) is -9.80. The van der Waals surface area contributed by atoms with E-state index in [4.69, 9.17) is 0 Å². The average Bonchev–Trinajstić information content (AvgIpc) is 3.63. The number of alkyl halides is 10. The third-order valence-electron chi connectivity index (χ3n) is 9.14. The highest BCUT2D eigenvalue weighted by atomic mass is 32.2. The van der Waals surface area contributed by atoms with Crippen molar-refractivity contribution in [3.63, 3.8) is 0 Å². The van der Waals surface area contributed by atoms with Crippen molar-refractivity contribution in [1.82, 2.24) is 10.6 Å². The lowest BCUT2D eigenvalue weighted by atomic mass is 9.93. The molecule has 6 nitrogen and oxygen atoms in total. The van der Waals surface area contributed by atoms with Crippen LogP contribution in [0.2, 0.25) is 0 Å². The molecule has 0 aromatic rings. The van der Waals surface area contributed by atoms with Gasteiger partial charge in [-0.25, -0.2) is 17.6 Å². The number of nitrogens with zero attached hydrogens (tertiary/aromatic N) is 2. The molecule has 2 N–H and O–H groups in total. The van der Waals surface area contributed by atoms with Gasteiger partial charge in [-0.3, -0.25) is 19.6 Å². The lowest BCUT2D eigenvalue weighted by Gasteiger charge is -2.25. The number of nitrogens with one attached hydrogen (secondary N) is 2. The maximum atomic E-state index is 13.4. The van der Waals surface area contributed by atoms with Gasteiger partial charge in [-0.05, 0) is 51.4 Å². The molecule has 0 radical (unpaired) electrons. The summed E-state index contributed by atoms with van der Waals surface area (Å²) in [7, 11) is 0. The molecule has 18 heteroatoms. The van der Waals surface area contributed by atoms with Crippen LogP contribution in [0.3, 0.4) is 0 Å². The SMILES string of the molecule is C[C@@]1(C(F)(F)F)SC(=N[C@H]2C[C@H]3C[C@@H]2CC3(F)F)NC1=O.C[C@]1(C(F)(F)F)SC(=N[C@H]2C[C@H]3C[C@@H]2CC3(F)F)NC1=O. The number of fused-ring (bicyclic) bond motifs is 4. The number of aliphatic imine (C=N–C) groups is 2. The fraction of sp³-hybridized carbons (Fsp3) is 0.833. The zero-order chi connectivity index (χ0) is 31.3. The molecule has 6 fully saturated rings. The van der Waals surface area contributed by atoms with Crippen molar-refractivity contribution in [3.05, 3.63) is 0 Å². The van der Waals surface area contributed by atoms with Gasteiger partial charge in [0.1, 0.15) is 0 Å². The molecule has 0 aromatic carbocycles. The number of carbonyl (C=O) groups is 2. The van der Waals surface area contributed by atoms with Crippen LogP contribution in [0, 0.1) is 23.7 Å². The lowest BCUT2D eigenvalue weighted by molar-refractivity contribution is -0.167. The second-order valence-corrected chi connectivity index (χ2v) is 14.8. The van der Waals surface area contributed by atoms with Crippen LogP contribution in [0.4, 0.5) is 43.9 Å². The van der Waals surface area contributed by atoms with Crippen LogP contribution in [-0.4, -0.2) is 67.9 Å². The Bertz CT molecular complexity index is 1130. The molecule has 42 heavy (non-hydrogen) atoms. The Balaban J connectivity index is 0.000000168. The Morgan fingerprint density at radius 1 is 0.667 bits per heavy atom. The van der Waals surface area contributed by atoms with E-state index >= 15 is 0 Å². The maximum absolute atomic E-state index is 13.4. The number of rotatable bonds is 2. The van der Waals surface area contributed by atoms with E-state index in [0.717, 1.165) is 13.8 Å². The van der Waals surface area contributed by atoms with E-state index < -0.39 is 69.4 Å². The van der Waals surface area contributed by atoms with Crippen molar-refractivity contribution in [2.75, 3.05) is 0 Å². The molecule has 8 atom stereocenters. The van der Waals surface area contributed by atoms with E-state index in [1.807, 2.05) is 0 Å². The topological polar surface area (TPSA) is 82.9 Å². The van der Waals surface area contributed by atoms with Gasteiger partial charge in [0.05, 0.1) is 12.1 Å². The van der Waals surface area contributed by atoms with Crippen LogP contribution in [0.1, 0.15) is 52.4 Å². The zero-order valence-corrected chi connectivity index (χ0v) is 23.6. The molecule has 236 valence electrons. The fourth-order valence-electron chi connectivity index (χ4n) is 6.44. The average molecular weight is 657 g/mol. The summed E-state index contributed by atoms with van der Waals surface area (Å²) in [5.41, 5.74) is 0. The number of thioether (sulfide) groups is 2. The minimum absolute atomic E-state index is 0.110. The smallest absolute Gasteiger partial charge is 0.304 e. The summed E-state index contributed by atoms with van der Waals surface area (Å²) in [6, 6.07) is -0.846. The molecule has 6 aliphatic rings. The summed E-state index contributed by atoms with van der Waals surface area (Å²) < 4.78 is 126. The molecule has 0 unspecified atom stereocenters. The first-order chi connectivity index (χ1) is 19.1. The van der Waals surface area contributed by atoms with Gasteiger partial charge >= 0.3 is 12.4 Å². The first-order valence-electron chi connectivity index (χ1n) is 13.1. The van der Waals surface area contributed by atoms with Gasteiger partial charge in [-0.2, -0.15) is 26.3 Å². The highest BCUT2D eigenvalue weighted by molar-refractivity contribution is 8.16. The van der Waals surface area contributed by atoms with Gasteiger partial charge in [0.2, 0.25) is 0 Å². The summed E-state index contributed by atoms with van der Waals surface area (Å²) in [4.78, 5) is 31.3. The van der Waals surface area contributed by atoms with Crippen LogP contribution < -0.4 is 10.6 Å². The molecule has 0 spiro atoms. The van der Waals surface area contributed by atoms with E-state index in [9.17, 15) is 53.5 Å². The Morgan fingerprint density at radius 3 is 1.21 bits per heavy atom. The summed E-state index contributed by atoms with van der Waals surface area (Å²) in [6.07, 6.45) is -8.89. The number of hydrogen-bond acceptors (Lipinski definition) is 6. The quantitative estimate of drug-likeness (QED) is 0.362. The van der Waals surface area contributed by atoms with E-state index in [1.165, 1.54) is 0 Å². The second kappa shape index (κ2) is 9.89. The molecule has 2 saturated heterocycles. The van der Waals surface area contributed by atoms with Gasteiger partial charge in [-0.1, -0.05) is 23.5 Å². The van der Waals surface area contributed by atoms with E-state index in [0.29, 0.717) is 36.4 Å². The third kappa shape index (κ3) is 5.29. The minimum atomic E-state index is -4.69. The predicted octanol–water partition coefficient (Wildman–Crippen LogP) is 5.92. The highest BCUT2D eigenvalue weighted by Crippen LogP contribution is 2.56. The van der Waals surface area contributed by atoms with Gasteiger partial charge < -0.3 is 10.6 Å². The molecule has 2 aliphatic heterocycles. The van der Waals surface area contributed by atoms with Crippen LogP contribution in [-0.2, 0) is 9.59 Å². The second-order valence-electron chi connectivity index (χ2n) is 12.0. The summed E-state index contributed by atoms with van der Waals surface area (Å²) in [6.45, 7) is 1.59. The molecular weight excluding hydrogens is 630 g/mol. The Kier molecular flexibility index (Phi) is 7.47. The van der Waals surface area contributed by atoms with Crippen LogP contribution in [0.5, 0.6) is 0 Å². The number of halogens is 10. The third-order valence-corrected chi connectivity index (χ3v) is 11.6. The largest absolute Gasteiger partial charge is 0.412 e. The molecule has 4 bridgehead atoms. The molecule has 4 saturated carbocycles. The van der Waals surface area contributed by atoms with Crippen LogP contribution in [0.25, 0.3) is 0 Å². The number of carbonyl (C=O) groups excluding carboxylic acids is 2. The van der Waals surface area contributed by atoms with E-state index in [1.54, 1.807) is 0 Å². The van der Waals surface area contributed by atoms with Crippen LogP contribution in [0.15, 0.2) is 9.98 Å². The maximum Gasteiger partial charge on any atom is 0.412 e. The normalized spacial score (nSPS) is 43.6. The van der Waals surface area contributed by atoms with E-state index in [2.05, 4.69) is 20.6 Å². The number of amides is 2. The molecule has 4 aliphatic carbocycles. The summed E-state index contributed by atoms with van der Waals surface area (Å²) >= 11 is 0.638. The van der Waals surface area contributed by atoms with Crippen molar-refractivity contribution in [3.8, 4) is 0 Å². The number of amidine groups is 2. The van der Waals surface area contributed by atoms with E-state index in [-0.39, 0.29) is 47.9 Å². The fourth-order valence-corrected chi connectivity index (χ4v) is 8.39. The highest BCUT2D eigenvalue weighted by Gasteiger charge is 2.64. The Labute approximate surface area is 241 Å². The molecule has 0 aromatic heterocycles. The van der Waals surface area contributed by atoms with Crippen molar-refractivity contribution < 1.29 is 53.5 Å². The van der Waals surface area contributed by atoms with Gasteiger partial charge in [0, 0.05) is 24.7 Å². The first-order valence-corrected chi connectivity index (χ1v) is 14.7. The van der Waals surface area contributed by atoms with Crippen LogP contribution >= 0.6 is 23.5 Å². The van der Waals surface area contributed by atoms with Gasteiger partial charge in [0.25, 0.3) is 23.7 Å². The predicted molar refractivity (Wildman–Crippen MR) is 134 cm³/mol. The van der Waals surface area contributed by atoms with Gasteiger partial charge in [0.15, 0.2) is 19.8 Å². The molecular formula is C24H26F10N4O2S2. The van der Waals surface area contributed by atoms with Crippen molar-refractivity contribution in [1.29, 1.82) is 0 Å². The van der Waals surface area contributed by atoms with Crippen molar-refractivity contribution >= 4 is 45.7 Å².